The van der Waals surface area contributed by atoms with Gasteiger partial charge in [-0.25, -0.2) is 4.98 Å². The number of halogens is 3. The highest BCUT2D eigenvalue weighted by atomic mass is 19.4. The van der Waals surface area contributed by atoms with Gasteiger partial charge in [0.15, 0.2) is 12.6 Å². The van der Waals surface area contributed by atoms with E-state index in [-0.39, 0.29) is 12.6 Å². The van der Waals surface area contributed by atoms with E-state index in [4.69, 9.17) is 0 Å². The molecule has 0 aliphatic heterocycles. The standard InChI is InChI=1S/C8H4F3NO2/c9-8(10,11)5-1-6(3-13)12-7(2-5)4-14/h1-4H. The van der Waals surface area contributed by atoms with Crippen molar-refractivity contribution in [3.63, 3.8) is 0 Å². The fourth-order valence-corrected chi connectivity index (χ4v) is 0.858. The molecule has 0 unspecified atom stereocenters. The van der Waals surface area contributed by atoms with Crippen molar-refractivity contribution in [2.75, 3.05) is 0 Å². The number of hydrogen-bond donors (Lipinski definition) is 0. The molecule has 3 nitrogen and oxygen atoms in total. The molecule has 1 heterocycles. The van der Waals surface area contributed by atoms with Crippen LogP contribution in [0.3, 0.4) is 0 Å². The summed E-state index contributed by atoms with van der Waals surface area (Å²) in [6.45, 7) is 0. The van der Waals surface area contributed by atoms with Crippen molar-refractivity contribution in [2.45, 2.75) is 6.18 Å². The summed E-state index contributed by atoms with van der Waals surface area (Å²) >= 11 is 0. The lowest BCUT2D eigenvalue weighted by molar-refractivity contribution is -0.137. The Bertz CT molecular complexity index is 347. The molecule has 0 spiro atoms. The van der Waals surface area contributed by atoms with Gasteiger partial charge >= 0.3 is 6.18 Å². The third-order valence-electron chi connectivity index (χ3n) is 1.43. The van der Waals surface area contributed by atoms with Gasteiger partial charge in [0.2, 0.25) is 0 Å². The number of hydrogen-bond acceptors (Lipinski definition) is 3. The number of carbonyl (C=O) groups excluding carboxylic acids is 2. The van der Waals surface area contributed by atoms with Crippen molar-refractivity contribution >= 4 is 12.6 Å². The van der Waals surface area contributed by atoms with Crippen molar-refractivity contribution in [2.24, 2.45) is 0 Å². The van der Waals surface area contributed by atoms with Crippen molar-refractivity contribution in [1.82, 2.24) is 4.98 Å². The first-order valence-corrected chi connectivity index (χ1v) is 3.47. The Morgan fingerprint density at radius 3 is 1.79 bits per heavy atom. The molecule has 0 saturated carbocycles. The van der Waals surface area contributed by atoms with Crippen molar-refractivity contribution < 1.29 is 22.8 Å². The predicted octanol–water partition coefficient (Wildman–Crippen LogP) is 1.73. The van der Waals surface area contributed by atoms with Gasteiger partial charge in [0, 0.05) is 0 Å². The summed E-state index contributed by atoms with van der Waals surface area (Å²) in [5.74, 6) is 0. The van der Waals surface area contributed by atoms with E-state index in [0.29, 0.717) is 12.1 Å². The second-order valence-electron chi connectivity index (χ2n) is 2.44. The van der Waals surface area contributed by atoms with E-state index < -0.39 is 23.1 Å². The highest BCUT2D eigenvalue weighted by Crippen LogP contribution is 2.29. The number of alkyl halides is 3. The summed E-state index contributed by atoms with van der Waals surface area (Å²) < 4.78 is 36.5. The molecule has 0 atom stereocenters. The lowest BCUT2D eigenvalue weighted by Gasteiger charge is -2.06. The van der Waals surface area contributed by atoms with Crippen LogP contribution in [-0.4, -0.2) is 17.6 Å². The molecule has 1 rings (SSSR count). The van der Waals surface area contributed by atoms with Crippen LogP contribution in [0, 0.1) is 0 Å². The van der Waals surface area contributed by atoms with Gasteiger partial charge in [-0.1, -0.05) is 0 Å². The van der Waals surface area contributed by atoms with Crippen LogP contribution in [0.5, 0.6) is 0 Å². The summed E-state index contributed by atoms with van der Waals surface area (Å²) in [7, 11) is 0. The monoisotopic (exact) mass is 203 g/mol. The van der Waals surface area contributed by atoms with E-state index >= 15 is 0 Å². The first-order chi connectivity index (χ1) is 6.47. The third-order valence-corrected chi connectivity index (χ3v) is 1.43. The third kappa shape index (κ3) is 2.15. The second-order valence-corrected chi connectivity index (χ2v) is 2.44. The van der Waals surface area contributed by atoms with E-state index in [1.54, 1.807) is 0 Å². The molecule has 1 aromatic rings. The Kier molecular flexibility index (Phi) is 2.64. The van der Waals surface area contributed by atoms with Crippen molar-refractivity contribution in [1.29, 1.82) is 0 Å². The maximum atomic E-state index is 12.2. The van der Waals surface area contributed by atoms with E-state index in [0.717, 1.165) is 0 Å². The minimum atomic E-state index is -4.58. The molecule has 0 N–H and O–H groups in total. The van der Waals surface area contributed by atoms with Crippen molar-refractivity contribution in [3.8, 4) is 0 Å². The topological polar surface area (TPSA) is 47.0 Å². The molecule has 1 aromatic heterocycles. The van der Waals surface area contributed by atoms with Crippen LogP contribution in [0.1, 0.15) is 26.5 Å². The highest BCUT2D eigenvalue weighted by molar-refractivity contribution is 5.77. The number of rotatable bonds is 2. The molecule has 0 saturated heterocycles. The lowest BCUT2D eigenvalue weighted by Crippen LogP contribution is -2.08. The summed E-state index contributed by atoms with van der Waals surface area (Å²) in [5.41, 5.74) is -1.89. The van der Waals surface area contributed by atoms with Crippen LogP contribution in [0.25, 0.3) is 0 Å². The van der Waals surface area contributed by atoms with Gasteiger partial charge in [0.05, 0.1) is 5.56 Å². The molecule has 0 aromatic carbocycles. The molecule has 0 aliphatic rings. The van der Waals surface area contributed by atoms with Gasteiger partial charge in [-0.2, -0.15) is 13.2 Å². The number of aldehydes is 2. The van der Waals surface area contributed by atoms with E-state index in [1.165, 1.54) is 0 Å². The zero-order valence-electron chi connectivity index (χ0n) is 6.71. The van der Waals surface area contributed by atoms with Gasteiger partial charge in [0.1, 0.15) is 11.4 Å². The Labute approximate surface area is 76.6 Å². The average Bonchev–Trinajstić information content (AvgIpc) is 2.15. The van der Waals surface area contributed by atoms with Crippen LogP contribution < -0.4 is 0 Å². The predicted molar refractivity (Wildman–Crippen MR) is 40.0 cm³/mol. The SMILES string of the molecule is O=Cc1cc(C(F)(F)F)cc(C=O)n1. The van der Waals surface area contributed by atoms with Gasteiger partial charge < -0.3 is 0 Å². The van der Waals surface area contributed by atoms with Crippen LogP contribution in [0.15, 0.2) is 12.1 Å². The molecular formula is C8H4F3NO2. The Hall–Kier alpha value is -1.72. The molecule has 6 heteroatoms. The quantitative estimate of drug-likeness (QED) is 0.687. The first-order valence-electron chi connectivity index (χ1n) is 3.47. The zero-order chi connectivity index (χ0) is 10.8. The highest BCUT2D eigenvalue weighted by Gasteiger charge is 2.31. The number of pyridine rings is 1. The molecule has 74 valence electrons. The molecule has 0 bridgehead atoms. The maximum absolute atomic E-state index is 12.2. The zero-order valence-corrected chi connectivity index (χ0v) is 6.71. The van der Waals surface area contributed by atoms with E-state index in [9.17, 15) is 22.8 Å². The van der Waals surface area contributed by atoms with Gasteiger partial charge in [-0.15, -0.1) is 0 Å². The number of nitrogens with zero attached hydrogens (tertiary/aromatic N) is 1. The van der Waals surface area contributed by atoms with E-state index in [2.05, 4.69) is 4.98 Å². The Morgan fingerprint density at radius 2 is 1.50 bits per heavy atom. The first kappa shape index (κ1) is 10.4. The second kappa shape index (κ2) is 3.57. The Morgan fingerprint density at radius 1 is 1.07 bits per heavy atom. The number of aromatic nitrogens is 1. The fourth-order valence-electron chi connectivity index (χ4n) is 0.858. The summed E-state index contributed by atoms with van der Waals surface area (Å²) in [5, 5.41) is 0. The molecule has 0 amide bonds. The molecular weight excluding hydrogens is 199 g/mol. The van der Waals surface area contributed by atoms with Crippen LogP contribution in [0.2, 0.25) is 0 Å². The normalized spacial score (nSPS) is 11.1. The maximum Gasteiger partial charge on any atom is 0.416 e. The fraction of sp³-hybridized carbons (Fsp3) is 0.125. The largest absolute Gasteiger partial charge is 0.416 e. The molecule has 0 fully saturated rings. The van der Waals surface area contributed by atoms with Crippen LogP contribution in [0.4, 0.5) is 13.2 Å². The average molecular weight is 203 g/mol. The van der Waals surface area contributed by atoms with E-state index in [1.807, 2.05) is 0 Å². The van der Waals surface area contributed by atoms with Crippen molar-refractivity contribution in [3.05, 3.63) is 29.1 Å². The van der Waals surface area contributed by atoms with Crippen LogP contribution in [-0.2, 0) is 6.18 Å². The lowest BCUT2D eigenvalue weighted by atomic mass is 10.2. The van der Waals surface area contributed by atoms with Gasteiger partial charge in [0.25, 0.3) is 0 Å². The molecule has 0 radical (unpaired) electrons. The smallest absolute Gasteiger partial charge is 0.296 e. The minimum Gasteiger partial charge on any atom is -0.296 e. The number of carbonyl (C=O) groups is 2. The van der Waals surface area contributed by atoms with Gasteiger partial charge in [-0.05, 0) is 12.1 Å². The minimum absolute atomic E-state index is 0.155. The Balaban J connectivity index is 3.31. The summed E-state index contributed by atoms with van der Waals surface area (Å²) in [6.07, 6.45) is -4.27. The van der Waals surface area contributed by atoms with Crippen LogP contribution >= 0.6 is 0 Å². The molecule has 0 aliphatic carbocycles. The van der Waals surface area contributed by atoms with Gasteiger partial charge in [-0.3, -0.25) is 9.59 Å². The summed E-state index contributed by atoms with van der Waals surface area (Å²) in [4.78, 5) is 23.8. The summed E-state index contributed by atoms with van der Waals surface area (Å²) in [6, 6.07) is 1.17. The molecule has 14 heavy (non-hydrogen) atoms.